The largest absolute Gasteiger partial charge is 0.465 e. The van der Waals surface area contributed by atoms with Crippen molar-refractivity contribution in [3.8, 4) is 0 Å². The summed E-state index contributed by atoms with van der Waals surface area (Å²) in [6, 6.07) is 0. The Kier molecular flexibility index (Phi) is 25.2. The summed E-state index contributed by atoms with van der Waals surface area (Å²) in [5.74, 6) is -0.345. The highest BCUT2D eigenvalue weighted by Crippen LogP contribution is 1.69. The number of aliphatic hydroxyl groups is 1. The summed E-state index contributed by atoms with van der Waals surface area (Å²) in [4.78, 5) is 10.1. The SMILES string of the molecule is CCO.CCOC(=O)CN.Cl. The number of rotatable bonds is 2. The number of nitrogens with two attached hydrogens (primary N) is 1. The van der Waals surface area contributed by atoms with Crippen LogP contribution in [0, 0.1) is 0 Å². The Morgan fingerprint density at radius 3 is 2.00 bits per heavy atom. The lowest BCUT2D eigenvalue weighted by Crippen LogP contribution is -2.16. The molecule has 0 fully saturated rings. The summed E-state index contributed by atoms with van der Waals surface area (Å²) in [6.07, 6.45) is 0. The van der Waals surface area contributed by atoms with E-state index in [1.807, 2.05) is 0 Å². The molecule has 0 saturated carbocycles. The number of carbonyl (C=O) groups excluding carboxylic acids is 1. The third-order valence-electron chi connectivity index (χ3n) is 0.472. The lowest BCUT2D eigenvalue weighted by atomic mass is 10.7. The predicted molar refractivity (Wildman–Crippen MR) is 45.7 cm³/mol. The van der Waals surface area contributed by atoms with Crippen LogP contribution in [0.2, 0.25) is 0 Å². The average Bonchev–Trinajstić information content (AvgIpc) is 1.90. The van der Waals surface area contributed by atoms with Crippen molar-refractivity contribution in [1.29, 1.82) is 0 Å². The number of esters is 1. The Hall–Kier alpha value is -0.320. The van der Waals surface area contributed by atoms with E-state index in [1.165, 1.54) is 0 Å². The Morgan fingerprint density at radius 1 is 1.55 bits per heavy atom. The number of hydrogen-bond donors (Lipinski definition) is 2. The average molecular weight is 186 g/mol. The van der Waals surface area contributed by atoms with Crippen LogP contribution in [0.25, 0.3) is 0 Å². The van der Waals surface area contributed by atoms with Gasteiger partial charge in [0, 0.05) is 6.61 Å². The molecule has 0 heterocycles. The van der Waals surface area contributed by atoms with E-state index in [1.54, 1.807) is 13.8 Å². The van der Waals surface area contributed by atoms with Gasteiger partial charge in [-0.05, 0) is 13.8 Å². The number of hydrogen-bond acceptors (Lipinski definition) is 4. The molecule has 0 bridgehead atoms. The van der Waals surface area contributed by atoms with Gasteiger partial charge in [0.2, 0.25) is 0 Å². The molecule has 0 aliphatic rings. The zero-order valence-corrected chi connectivity index (χ0v) is 7.69. The summed E-state index contributed by atoms with van der Waals surface area (Å²) in [5, 5.41) is 7.57. The Balaban J connectivity index is -0.000000140. The van der Waals surface area contributed by atoms with Crippen LogP contribution in [-0.2, 0) is 9.53 Å². The number of aliphatic hydroxyl groups excluding tert-OH is 1. The monoisotopic (exact) mass is 185 g/mol. The van der Waals surface area contributed by atoms with Gasteiger partial charge in [-0.3, -0.25) is 4.79 Å². The van der Waals surface area contributed by atoms with Gasteiger partial charge >= 0.3 is 5.97 Å². The van der Waals surface area contributed by atoms with Crippen LogP contribution in [0.5, 0.6) is 0 Å². The van der Waals surface area contributed by atoms with Crippen LogP contribution >= 0.6 is 12.4 Å². The van der Waals surface area contributed by atoms with E-state index >= 15 is 0 Å². The molecule has 0 aromatic rings. The zero-order valence-electron chi connectivity index (χ0n) is 6.87. The van der Waals surface area contributed by atoms with E-state index in [0.717, 1.165) is 0 Å². The van der Waals surface area contributed by atoms with Crippen LogP contribution in [0.15, 0.2) is 0 Å². The van der Waals surface area contributed by atoms with Crippen molar-refractivity contribution in [2.24, 2.45) is 5.73 Å². The molecule has 0 atom stereocenters. The highest BCUT2D eigenvalue weighted by Gasteiger charge is 1.91. The molecule has 0 saturated heterocycles. The first kappa shape index (κ1) is 17.0. The Labute approximate surface area is 73.1 Å². The van der Waals surface area contributed by atoms with Crippen LogP contribution < -0.4 is 5.73 Å². The minimum atomic E-state index is -0.345. The molecular formula is C6H16ClNO3. The van der Waals surface area contributed by atoms with Gasteiger partial charge in [0.05, 0.1) is 13.2 Å². The second kappa shape index (κ2) is 16.3. The maximum atomic E-state index is 10.1. The van der Waals surface area contributed by atoms with Gasteiger partial charge in [-0.25, -0.2) is 0 Å². The molecule has 0 rings (SSSR count). The summed E-state index contributed by atoms with van der Waals surface area (Å²) in [7, 11) is 0. The van der Waals surface area contributed by atoms with Gasteiger partial charge in [0.15, 0.2) is 0 Å². The maximum absolute atomic E-state index is 10.1. The quantitative estimate of drug-likeness (QED) is 0.591. The molecule has 5 heteroatoms. The van der Waals surface area contributed by atoms with Gasteiger partial charge < -0.3 is 15.6 Å². The van der Waals surface area contributed by atoms with Crippen molar-refractivity contribution in [2.75, 3.05) is 19.8 Å². The van der Waals surface area contributed by atoms with Gasteiger partial charge in [-0.15, -0.1) is 12.4 Å². The summed E-state index contributed by atoms with van der Waals surface area (Å²) in [5.41, 5.74) is 4.88. The molecule has 4 nitrogen and oxygen atoms in total. The van der Waals surface area contributed by atoms with Crippen molar-refractivity contribution < 1.29 is 14.6 Å². The second-order valence-electron chi connectivity index (χ2n) is 1.33. The standard InChI is InChI=1S/C4H9NO2.C2H6O.ClH/c1-2-7-4(6)3-5;1-2-3;/h2-3,5H2,1H3;3H,2H2,1H3;1H. The van der Waals surface area contributed by atoms with Crippen molar-refractivity contribution in [3.05, 3.63) is 0 Å². The molecule has 0 amide bonds. The topological polar surface area (TPSA) is 72.5 Å². The lowest BCUT2D eigenvalue weighted by Gasteiger charge is -1.93. The maximum Gasteiger partial charge on any atom is 0.319 e. The number of carbonyl (C=O) groups is 1. The van der Waals surface area contributed by atoms with E-state index in [9.17, 15) is 4.79 Å². The molecule has 11 heavy (non-hydrogen) atoms. The molecule has 0 aromatic carbocycles. The Morgan fingerprint density at radius 2 is 1.91 bits per heavy atom. The van der Waals surface area contributed by atoms with E-state index in [-0.39, 0.29) is 31.5 Å². The molecule has 70 valence electrons. The first-order valence-corrected chi connectivity index (χ1v) is 3.19. The van der Waals surface area contributed by atoms with Gasteiger partial charge in [-0.2, -0.15) is 0 Å². The van der Waals surface area contributed by atoms with Crippen LogP contribution in [-0.4, -0.2) is 30.8 Å². The molecule has 0 aliphatic carbocycles. The third-order valence-corrected chi connectivity index (χ3v) is 0.472. The highest BCUT2D eigenvalue weighted by molar-refractivity contribution is 5.85. The molecule has 0 aliphatic heterocycles. The summed E-state index contributed by atoms with van der Waals surface area (Å²) in [6.45, 7) is 4.07. The number of ether oxygens (including phenoxy) is 1. The van der Waals surface area contributed by atoms with Crippen LogP contribution in [0.1, 0.15) is 13.8 Å². The highest BCUT2D eigenvalue weighted by atomic mass is 35.5. The second-order valence-corrected chi connectivity index (χ2v) is 1.33. The van der Waals surface area contributed by atoms with Crippen molar-refractivity contribution in [3.63, 3.8) is 0 Å². The zero-order chi connectivity index (χ0) is 8.41. The lowest BCUT2D eigenvalue weighted by molar-refractivity contribution is -0.141. The number of halogens is 1. The van der Waals surface area contributed by atoms with Crippen molar-refractivity contribution in [1.82, 2.24) is 0 Å². The fraction of sp³-hybridized carbons (Fsp3) is 0.833. The fourth-order valence-corrected chi connectivity index (χ4v) is 0.220. The smallest absolute Gasteiger partial charge is 0.319 e. The molecule has 0 spiro atoms. The van der Waals surface area contributed by atoms with E-state index < -0.39 is 0 Å². The van der Waals surface area contributed by atoms with Crippen LogP contribution in [0.3, 0.4) is 0 Å². The van der Waals surface area contributed by atoms with E-state index in [4.69, 9.17) is 10.8 Å². The molecule has 0 aromatic heterocycles. The van der Waals surface area contributed by atoms with Gasteiger partial charge in [0.25, 0.3) is 0 Å². The third kappa shape index (κ3) is 26.1. The summed E-state index contributed by atoms with van der Waals surface area (Å²) >= 11 is 0. The van der Waals surface area contributed by atoms with Crippen molar-refractivity contribution >= 4 is 18.4 Å². The van der Waals surface area contributed by atoms with E-state index in [0.29, 0.717) is 6.61 Å². The molecule has 0 unspecified atom stereocenters. The summed E-state index contributed by atoms with van der Waals surface area (Å²) < 4.78 is 4.43. The van der Waals surface area contributed by atoms with Crippen molar-refractivity contribution in [2.45, 2.75) is 13.8 Å². The fourth-order valence-electron chi connectivity index (χ4n) is 0.220. The molecule has 0 radical (unpaired) electrons. The molecular weight excluding hydrogens is 170 g/mol. The van der Waals surface area contributed by atoms with E-state index in [2.05, 4.69) is 4.74 Å². The minimum absolute atomic E-state index is 0. The van der Waals surface area contributed by atoms with Crippen LogP contribution in [0.4, 0.5) is 0 Å². The molecule has 3 N–H and O–H groups in total. The van der Waals surface area contributed by atoms with Gasteiger partial charge in [0.1, 0.15) is 0 Å². The minimum Gasteiger partial charge on any atom is -0.465 e. The first-order valence-electron chi connectivity index (χ1n) is 3.19. The van der Waals surface area contributed by atoms with Gasteiger partial charge in [-0.1, -0.05) is 0 Å². The Bertz CT molecular complexity index is 80.2. The predicted octanol–water partition coefficient (Wildman–Crippen LogP) is -0.0714. The first-order chi connectivity index (χ1) is 4.72. The normalized spacial score (nSPS) is 6.91.